The number of halogens is 2. The molecular formula is C11H10BrClN2O2S2. The summed E-state index contributed by atoms with van der Waals surface area (Å²) in [5, 5.41) is 0.379. The maximum absolute atomic E-state index is 12.2. The number of hydrogen-bond acceptors (Lipinski definition) is 4. The van der Waals surface area contributed by atoms with Crippen molar-refractivity contribution in [2.45, 2.75) is 18.1 Å². The van der Waals surface area contributed by atoms with E-state index in [-0.39, 0.29) is 4.21 Å². The summed E-state index contributed by atoms with van der Waals surface area (Å²) in [5.41, 5.74) is 1.93. The molecule has 2 heterocycles. The Labute approximate surface area is 129 Å². The number of aryl methyl sites for hydroxylation is 2. The van der Waals surface area contributed by atoms with Gasteiger partial charge in [-0.3, -0.25) is 9.71 Å². The van der Waals surface area contributed by atoms with E-state index in [2.05, 4.69) is 25.6 Å². The Balaban J connectivity index is 2.36. The zero-order valence-corrected chi connectivity index (χ0v) is 14.0. The van der Waals surface area contributed by atoms with Crippen LogP contribution < -0.4 is 4.72 Å². The first kappa shape index (κ1) is 14.8. The maximum atomic E-state index is 12.2. The number of pyridine rings is 1. The van der Waals surface area contributed by atoms with Crippen LogP contribution in [0, 0.1) is 13.8 Å². The van der Waals surface area contributed by atoms with E-state index in [0.29, 0.717) is 20.2 Å². The molecule has 4 nitrogen and oxygen atoms in total. The summed E-state index contributed by atoms with van der Waals surface area (Å²) in [6.07, 6.45) is 0. The van der Waals surface area contributed by atoms with Gasteiger partial charge in [-0.15, -0.1) is 11.3 Å². The topological polar surface area (TPSA) is 59.1 Å². The highest BCUT2D eigenvalue weighted by molar-refractivity contribution is 9.11. The van der Waals surface area contributed by atoms with Crippen LogP contribution in [-0.4, -0.2) is 13.4 Å². The van der Waals surface area contributed by atoms with Crippen molar-refractivity contribution in [1.29, 1.82) is 0 Å². The van der Waals surface area contributed by atoms with Gasteiger partial charge < -0.3 is 0 Å². The first-order chi connectivity index (χ1) is 8.79. The van der Waals surface area contributed by atoms with Crippen LogP contribution in [0.2, 0.25) is 5.02 Å². The zero-order chi connectivity index (χ0) is 14.2. The van der Waals surface area contributed by atoms with Gasteiger partial charge in [-0.05, 0) is 48.0 Å². The lowest BCUT2D eigenvalue weighted by Crippen LogP contribution is -2.13. The molecule has 0 amide bonds. The van der Waals surface area contributed by atoms with Crippen molar-refractivity contribution in [3.8, 4) is 0 Å². The second-order valence-corrected chi connectivity index (χ2v) is 8.56. The highest BCUT2D eigenvalue weighted by atomic mass is 79.9. The van der Waals surface area contributed by atoms with E-state index in [4.69, 9.17) is 11.6 Å². The highest BCUT2D eigenvalue weighted by Crippen LogP contribution is 2.35. The van der Waals surface area contributed by atoms with Crippen LogP contribution >= 0.6 is 38.9 Å². The normalized spacial score (nSPS) is 11.6. The van der Waals surface area contributed by atoms with Crippen molar-refractivity contribution in [3.63, 3.8) is 0 Å². The van der Waals surface area contributed by atoms with Crippen LogP contribution in [0.5, 0.6) is 0 Å². The molecule has 0 spiro atoms. The Kier molecular flexibility index (Phi) is 4.20. The van der Waals surface area contributed by atoms with E-state index in [1.807, 2.05) is 6.92 Å². The molecule has 0 unspecified atom stereocenters. The summed E-state index contributed by atoms with van der Waals surface area (Å²) >= 11 is 10.1. The molecule has 1 N–H and O–H groups in total. The van der Waals surface area contributed by atoms with Gasteiger partial charge in [0.05, 0.1) is 20.2 Å². The number of aromatic nitrogens is 1. The number of nitrogens with one attached hydrogen (secondary N) is 1. The van der Waals surface area contributed by atoms with Gasteiger partial charge in [0.1, 0.15) is 4.21 Å². The van der Waals surface area contributed by atoms with Crippen molar-refractivity contribution < 1.29 is 8.42 Å². The lowest BCUT2D eigenvalue weighted by Gasteiger charge is -2.08. The van der Waals surface area contributed by atoms with Crippen molar-refractivity contribution in [2.24, 2.45) is 0 Å². The minimum absolute atomic E-state index is 0.157. The molecule has 0 saturated heterocycles. The Bertz CT molecular complexity index is 709. The summed E-state index contributed by atoms with van der Waals surface area (Å²) in [5.74, 6) is 0. The van der Waals surface area contributed by atoms with Gasteiger partial charge in [0.2, 0.25) is 0 Å². The zero-order valence-electron chi connectivity index (χ0n) is 10.1. The molecule has 0 aliphatic carbocycles. The van der Waals surface area contributed by atoms with Crippen molar-refractivity contribution >= 4 is 54.6 Å². The average Bonchev–Trinajstić information content (AvgIpc) is 2.64. The number of sulfonamides is 1. The third kappa shape index (κ3) is 3.28. The van der Waals surface area contributed by atoms with E-state index in [0.717, 1.165) is 17.0 Å². The standard InChI is InChI=1S/C11H10BrClN2O2S2/c1-6-3-4-9(7(2)14-6)15-19(16,17)10-5-8(13)11(12)18-10/h3-5,15H,1-2H3. The molecule has 0 bridgehead atoms. The van der Waals surface area contributed by atoms with E-state index in [1.165, 1.54) is 6.07 Å². The van der Waals surface area contributed by atoms with Gasteiger partial charge in [-0.25, -0.2) is 8.42 Å². The van der Waals surface area contributed by atoms with Gasteiger partial charge in [-0.2, -0.15) is 0 Å². The van der Waals surface area contributed by atoms with E-state index >= 15 is 0 Å². The number of thiophene rings is 1. The van der Waals surface area contributed by atoms with Crippen LogP contribution in [0.15, 0.2) is 26.2 Å². The lowest BCUT2D eigenvalue weighted by atomic mass is 10.3. The van der Waals surface area contributed by atoms with Gasteiger partial charge in [0, 0.05) is 5.69 Å². The Morgan fingerprint density at radius 1 is 1.37 bits per heavy atom. The molecule has 0 atom stereocenters. The predicted octanol–water partition coefficient (Wildman–Crippen LogP) is 3.98. The van der Waals surface area contributed by atoms with Crippen LogP contribution in [0.3, 0.4) is 0 Å². The molecule has 2 aromatic rings. The molecule has 0 fully saturated rings. The largest absolute Gasteiger partial charge is 0.277 e. The molecule has 0 saturated carbocycles. The minimum atomic E-state index is -3.64. The van der Waals surface area contributed by atoms with Gasteiger partial charge >= 0.3 is 0 Å². The SMILES string of the molecule is Cc1ccc(NS(=O)(=O)c2cc(Cl)c(Br)s2)c(C)n1. The fourth-order valence-corrected chi connectivity index (χ4v) is 4.96. The fourth-order valence-electron chi connectivity index (χ4n) is 1.45. The number of nitrogens with zero attached hydrogens (tertiary/aromatic N) is 1. The van der Waals surface area contributed by atoms with Crippen LogP contribution in [0.4, 0.5) is 5.69 Å². The number of rotatable bonds is 3. The predicted molar refractivity (Wildman–Crippen MR) is 81.5 cm³/mol. The average molecular weight is 382 g/mol. The van der Waals surface area contributed by atoms with E-state index in [9.17, 15) is 8.42 Å². The molecule has 0 aliphatic rings. The number of hydrogen-bond donors (Lipinski definition) is 1. The van der Waals surface area contributed by atoms with Crippen molar-refractivity contribution in [3.05, 3.63) is 38.4 Å². The first-order valence-corrected chi connectivity index (χ1v) is 8.68. The highest BCUT2D eigenvalue weighted by Gasteiger charge is 2.20. The Morgan fingerprint density at radius 2 is 2.05 bits per heavy atom. The fraction of sp³-hybridized carbons (Fsp3) is 0.182. The van der Waals surface area contributed by atoms with Crippen LogP contribution in [0.25, 0.3) is 0 Å². The van der Waals surface area contributed by atoms with Crippen molar-refractivity contribution in [2.75, 3.05) is 4.72 Å². The molecule has 8 heteroatoms. The molecule has 0 aromatic carbocycles. The third-order valence-electron chi connectivity index (χ3n) is 2.36. The second-order valence-electron chi connectivity index (χ2n) is 3.88. The summed E-state index contributed by atoms with van der Waals surface area (Å²) in [6, 6.07) is 4.86. The quantitative estimate of drug-likeness (QED) is 0.875. The smallest absolute Gasteiger partial charge is 0.271 e. The van der Waals surface area contributed by atoms with Gasteiger partial charge in [-0.1, -0.05) is 11.6 Å². The van der Waals surface area contributed by atoms with Crippen LogP contribution in [-0.2, 0) is 10.0 Å². The molecule has 2 rings (SSSR count). The molecule has 0 aliphatic heterocycles. The summed E-state index contributed by atoms with van der Waals surface area (Å²) in [7, 11) is -3.64. The first-order valence-electron chi connectivity index (χ1n) is 5.21. The van der Waals surface area contributed by atoms with E-state index < -0.39 is 10.0 Å². The van der Waals surface area contributed by atoms with E-state index in [1.54, 1.807) is 19.1 Å². The summed E-state index contributed by atoms with van der Waals surface area (Å²) in [4.78, 5) is 4.22. The molecular weight excluding hydrogens is 372 g/mol. The Hall–Kier alpha value is -0.630. The molecule has 19 heavy (non-hydrogen) atoms. The Morgan fingerprint density at radius 3 is 2.58 bits per heavy atom. The molecule has 102 valence electrons. The second kappa shape index (κ2) is 5.40. The van der Waals surface area contributed by atoms with Gasteiger partial charge in [0.25, 0.3) is 10.0 Å². The van der Waals surface area contributed by atoms with Gasteiger partial charge in [0.15, 0.2) is 0 Å². The maximum Gasteiger partial charge on any atom is 0.271 e. The van der Waals surface area contributed by atoms with Crippen molar-refractivity contribution in [1.82, 2.24) is 4.98 Å². The summed E-state index contributed by atoms with van der Waals surface area (Å²) < 4.78 is 27.7. The monoisotopic (exact) mass is 380 g/mol. The molecule has 2 aromatic heterocycles. The van der Waals surface area contributed by atoms with Crippen LogP contribution in [0.1, 0.15) is 11.4 Å². The number of anilines is 1. The third-order valence-corrected chi connectivity index (χ3v) is 6.67. The summed E-state index contributed by atoms with van der Waals surface area (Å²) in [6.45, 7) is 3.60. The lowest BCUT2D eigenvalue weighted by molar-refractivity contribution is 0.603. The molecule has 0 radical (unpaired) electrons. The minimum Gasteiger partial charge on any atom is -0.277 e.